The van der Waals surface area contributed by atoms with Gasteiger partial charge in [-0.1, -0.05) is 35.3 Å². The van der Waals surface area contributed by atoms with Gasteiger partial charge in [0.1, 0.15) is 11.6 Å². The highest BCUT2D eigenvalue weighted by molar-refractivity contribution is 6.31. The molecule has 0 atom stereocenters. The summed E-state index contributed by atoms with van der Waals surface area (Å²) in [7, 11) is 0. The molecular formula is C15H7Cl2F2N. The number of rotatable bonds is 2. The second kappa shape index (κ2) is 6.04. The first kappa shape index (κ1) is 14.5. The molecule has 0 amide bonds. The first-order valence-electron chi connectivity index (χ1n) is 5.54. The zero-order valence-corrected chi connectivity index (χ0v) is 11.5. The molecule has 0 aromatic heterocycles. The van der Waals surface area contributed by atoms with Crippen LogP contribution in [0.5, 0.6) is 0 Å². The Balaban J connectivity index is 2.55. The summed E-state index contributed by atoms with van der Waals surface area (Å²) in [4.78, 5) is 0. The van der Waals surface area contributed by atoms with Gasteiger partial charge in [0.2, 0.25) is 0 Å². The van der Waals surface area contributed by atoms with Crippen molar-refractivity contribution >= 4 is 34.9 Å². The van der Waals surface area contributed by atoms with Gasteiger partial charge in [0.15, 0.2) is 0 Å². The van der Waals surface area contributed by atoms with Crippen molar-refractivity contribution in [2.45, 2.75) is 0 Å². The van der Waals surface area contributed by atoms with Crippen LogP contribution < -0.4 is 0 Å². The molecule has 100 valence electrons. The van der Waals surface area contributed by atoms with Crippen LogP contribution in [-0.2, 0) is 0 Å². The van der Waals surface area contributed by atoms with Crippen molar-refractivity contribution < 1.29 is 8.78 Å². The molecule has 0 aliphatic carbocycles. The molecule has 0 aliphatic rings. The SMILES string of the molecule is N#C/C(=C/c1cccc(Cl)c1F)c1ccc(Cl)cc1F. The molecule has 0 heterocycles. The fourth-order valence-corrected chi connectivity index (χ4v) is 2.01. The molecule has 2 aromatic carbocycles. The second-order valence-electron chi connectivity index (χ2n) is 3.94. The predicted octanol–water partition coefficient (Wildman–Crippen LogP) is 5.34. The monoisotopic (exact) mass is 309 g/mol. The first-order valence-corrected chi connectivity index (χ1v) is 6.29. The highest BCUT2D eigenvalue weighted by Crippen LogP contribution is 2.26. The smallest absolute Gasteiger partial charge is 0.149 e. The molecule has 0 aliphatic heterocycles. The first-order chi connectivity index (χ1) is 9.52. The topological polar surface area (TPSA) is 23.8 Å². The number of halogens is 4. The standard InChI is InChI=1S/C15H7Cl2F2N/c16-11-4-5-12(14(18)7-11)10(8-20)6-9-2-1-3-13(17)15(9)19/h1-7H/b10-6-. The molecule has 0 unspecified atom stereocenters. The van der Waals surface area contributed by atoms with Crippen LogP contribution in [0.3, 0.4) is 0 Å². The summed E-state index contributed by atoms with van der Waals surface area (Å²) in [5.74, 6) is -1.30. The van der Waals surface area contributed by atoms with Crippen molar-refractivity contribution in [2.75, 3.05) is 0 Å². The Bertz CT molecular complexity index is 733. The molecule has 20 heavy (non-hydrogen) atoms. The summed E-state index contributed by atoms with van der Waals surface area (Å²) in [6, 6.07) is 10.2. The minimum absolute atomic E-state index is 0.0136. The summed E-state index contributed by atoms with van der Waals surface area (Å²) in [6.45, 7) is 0. The normalized spacial score (nSPS) is 11.2. The summed E-state index contributed by atoms with van der Waals surface area (Å²) in [5.41, 5.74) is 0.153. The van der Waals surface area contributed by atoms with E-state index < -0.39 is 11.6 Å². The molecule has 5 heteroatoms. The predicted molar refractivity (Wildman–Crippen MR) is 76.3 cm³/mol. The van der Waals surface area contributed by atoms with Crippen LogP contribution in [-0.4, -0.2) is 0 Å². The van der Waals surface area contributed by atoms with Crippen LogP contribution in [0.4, 0.5) is 8.78 Å². The lowest BCUT2D eigenvalue weighted by atomic mass is 10.0. The maximum atomic E-state index is 13.8. The zero-order valence-electron chi connectivity index (χ0n) is 10.0. The maximum absolute atomic E-state index is 13.8. The molecule has 0 saturated heterocycles. The molecule has 0 spiro atoms. The lowest BCUT2D eigenvalue weighted by Crippen LogP contribution is -1.90. The molecule has 0 radical (unpaired) electrons. The Morgan fingerprint density at radius 1 is 1.15 bits per heavy atom. The van der Waals surface area contributed by atoms with Crippen LogP contribution in [0.2, 0.25) is 10.0 Å². The summed E-state index contributed by atoms with van der Waals surface area (Å²) >= 11 is 11.3. The van der Waals surface area contributed by atoms with Crippen molar-refractivity contribution in [2.24, 2.45) is 0 Å². The van der Waals surface area contributed by atoms with E-state index in [0.717, 1.165) is 6.07 Å². The van der Waals surface area contributed by atoms with Crippen LogP contribution >= 0.6 is 23.2 Å². The van der Waals surface area contributed by atoms with Gasteiger partial charge >= 0.3 is 0 Å². The van der Waals surface area contributed by atoms with Crippen molar-refractivity contribution in [1.29, 1.82) is 5.26 Å². The van der Waals surface area contributed by atoms with Crippen LogP contribution in [0.1, 0.15) is 11.1 Å². The number of hydrogen-bond donors (Lipinski definition) is 0. The Morgan fingerprint density at radius 3 is 2.55 bits per heavy atom. The molecule has 2 rings (SSSR count). The van der Waals surface area contributed by atoms with Gasteiger partial charge in [-0.25, -0.2) is 8.78 Å². The number of nitriles is 1. The number of nitrogens with zero attached hydrogens (tertiary/aromatic N) is 1. The van der Waals surface area contributed by atoms with Crippen LogP contribution in [0.25, 0.3) is 11.6 Å². The summed E-state index contributed by atoms with van der Waals surface area (Å²) < 4.78 is 27.6. The zero-order chi connectivity index (χ0) is 14.7. The maximum Gasteiger partial charge on any atom is 0.149 e. The average molecular weight is 310 g/mol. The number of allylic oxidation sites excluding steroid dienone is 1. The lowest BCUT2D eigenvalue weighted by Gasteiger charge is -2.04. The van der Waals surface area contributed by atoms with E-state index in [1.807, 2.05) is 6.07 Å². The fraction of sp³-hybridized carbons (Fsp3) is 0. The van der Waals surface area contributed by atoms with E-state index in [0.29, 0.717) is 0 Å². The molecule has 0 fully saturated rings. The third-order valence-corrected chi connectivity index (χ3v) is 3.15. The van der Waals surface area contributed by atoms with E-state index in [1.54, 1.807) is 6.07 Å². The molecular weight excluding hydrogens is 303 g/mol. The average Bonchev–Trinajstić information content (AvgIpc) is 2.41. The lowest BCUT2D eigenvalue weighted by molar-refractivity contribution is 0.623. The van der Waals surface area contributed by atoms with E-state index in [-0.39, 0.29) is 26.7 Å². The van der Waals surface area contributed by atoms with Crippen molar-refractivity contribution in [3.05, 3.63) is 69.2 Å². The number of benzene rings is 2. The van der Waals surface area contributed by atoms with Gasteiger partial charge < -0.3 is 0 Å². The second-order valence-corrected chi connectivity index (χ2v) is 4.78. The van der Waals surface area contributed by atoms with Crippen molar-refractivity contribution in [3.8, 4) is 6.07 Å². The Kier molecular flexibility index (Phi) is 4.39. The quantitative estimate of drug-likeness (QED) is 0.543. The molecule has 2 aromatic rings. The van der Waals surface area contributed by atoms with Crippen LogP contribution in [0.15, 0.2) is 36.4 Å². The van der Waals surface area contributed by atoms with Gasteiger partial charge in [0.25, 0.3) is 0 Å². The van der Waals surface area contributed by atoms with Gasteiger partial charge in [0.05, 0.1) is 16.7 Å². The van der Waals surface area contributed by atoms with E-state index >= 15 is 0 Å². The molecule has 1 nitrogen and oxygen atoms in total. The minimum Gasteiger partial charge on any atom is -0.206 e. The van der Waals surface area contributed by atoms with Gasteiger partial charge in [-0.05, 0) is 30.3 Å². The fourth-order valence-electron chi connectivity index (χ4n) is 1.67. The van der Waals surface area contributed by atoms with Crippen molar-refractivity contribution in [3.63, 3.8) is 0 Å². The van der Waals surface area contributed by atoms with Gasteiger partial charge in [0, 0.05) is 16.1 Å². The minimum atomic E-state index is -0.656. The van der Waals surface area contributed by atoms with E-state index in [2.05, 4.69) is 0 Å². The van der Waals surface area contributed by atoms with Crippen LogP contribution in [0, 0.1) is 23.0 Å². The van der Waals surface area contributed by atoms with Gasteiger partial charge in [-0.15, -0.1) is 0 Å². The van der Waals surface area contributed by atoms with E-state index in [9.17, 15) is 8.78 Å². The summed E-state index contributed by atoms with van der Waals surface area (Å²) in [6.07, 6.45) is 1.24. The van der Waals surface area contributed by atoms with Gasteiger partial charge in [-0.3, -0.25) is 0 Å². The van der Waals surface area contributed by atoms with E-state index in [1.165, 1.54) is 30.3 Å². The molecule has 0 N–H and O–H groups in total. The van der Waals surface area contributed by atoms with Crippen molar-refractivity contribution in [1.82, 2.24) is 0 Å². The highest BCUT2D eigenvalue weighted by Gasteiger charge is 2.11. The molecule has 0 saturated carbocycles. The largest absolute Gasteiger partial charge is 0.206 e. The summed E-state index contributed by atoms with van der Waals surface area (Å²) in [5, 5.41) is 9.28. The number of hydrogen-bond acceptors (Lipinski definition) is 1. The Labute approximate surface area is 124 Å². The van der Waals surface area contributed by atoms with Gasteiger partial charge in [-0.2, -0.15) is 5.26 Å². The third kappa shape index (κ3) is 2.98. The Morgan fingerprint density at radius 2 is 1.90 bits per heavy atom. The Hall–Kier alpha value is -1.89. The third-order valence-electron chi connectivity index (χ3n) is 2.62. The highest BCUT2D eigenvalue weighted by atomic mass is 35.5. The van der Waals surface area contributed by atoms with E-state index in [4.69, 9.17) is 28.5 Å². The molecule has 0 bridgehead atoms.